The van der Waals surface area contributed by atoms with E-state index in [1.807, 2.05) is 58.5 Å². The van der Waals surface area contributed by atoms with Gasteiger partial charge in [-0.15, -0.1) is 0 Å². The summed E-state index contributed by atoms with van der Waals surface area (Å²) in [6.07, 6.45) is 14.2. The summed E-state index contributed by atoms with van der Waals surface area (Å²) in [5.74, 6) is 1.40. The van der Waals surface area contributed by atoms with Crippen LogP contribution < -0.4 is 10.0 Å². The van der Waals surface area contributed by atoms with Crippen LogP contribution in [-0.4, -0.2) is 64.6 Å². The van der Waals surface area contributed by atoms with Gasteiger partial charge in [0.05, 0.1) is 34.9 Å². The van der Waals surface area contributed by atoms with E-state index in [9.17, 15) is 0 Å². The Morgan fingerprint density at radius 3 is 1.13 bits per heavy atom. The molecule has 0 unspecified atom stereocenters. The monoisotopic (exact) mass is 912 g/mol. The fourth-order valence-corrected chi connectivity index (χ4v) is 9.84. The van der Waals surface area contributed by atoms with E-state index in [2.05, 4.69) is 128 Å². The van der Waals surface area contributed by atoms with Crippen molar-refractivity contribution >= 4 is 101 Å². The first-order chi connectivity index (χ1) is 34.7. The summed E-state index contributed by atoms with van der Waals surface area (Å²) in [5, 5.41) is 20.9. The highest BCUT2D eigenvalue weighted by atomic mass is 15.5. The molecule has 12 aromatic rings. The van der Waals surface area contributed by atoms with Crippen molar-refractivity contribution < 1.29 is 0 Å². The van der Waals surface area contributed by atoms with Gasteiger partial charge in [0.25, 0.3) is 0 Å². The van der Waals surface area contributed by atoms with Crippen molar-refractivity contribution in [1.82, 2.24) is 39.0 Å². The largest absolute Gasteiger partial charge is 0.340 e. The molecule has 0 aliphatic carbocycles. The van der Waals surface area contributed by atoms with Gasteiger partial charge in [-0.1, -0.05) is 84.9 Å². The van der Waals surface area contributed by atoms with Gasteiger partial charge in [-0.25, -0.2) is 20.0 Å². The van der Waals surface area contributed by atoms with Crippen molar-refractivity contribution in [2.75, 3.05) is 23.1 Å². The van der Waals surface area contributed by atoms with E-state index in [4.69, 9.17) is 30.1 Å². The lowest BCUT2D eigenvalue weighted by molar-refractivity contribution is 0.624. The second-order valence-corrected chi connectivity index (χ2v) is 17.4. The number of benzene rings is 5. The molecule has 0 N–H and O–H groups in total. The maximum Gasteiger partial charge on any atom is 0.149 e. The lowest BCUT2D eigenvalue weighted by Gasteiger charge is -2.21. The lowest BCUT2D eigenvalue weighted by Crippen LogP contribution is -2.20. The highest BCUT2D eigenvalue weighted by Gasteiger charge is 2.19. The van der Waals surface area contributed by atoms with Crippen molar-refractivity contribution in [2.45, 2.75) is 38.8 Å². The Kier molecular flexibility index (Phi) is 11.5. The van der Waals surface area contributed by atoms with Crippen LogP contribution in [0.15, 0.2) is 193 Å². The number of unbranched alkanes of at least 4 members (excludes halogenated alkanes) is 2. The van der Waals surface area contributed by atoms with E-state index in [0.29, 0.717) is 35.8 Å². The van der Waals surface area contributed by atoms with Crippen LogP contribution >= 0.6 is 0 Å². The molecule has 0 saturated heterocycles. The molecule has 340 valence electrons. The Morgan fingerprint density at radius 1 is 0.357 bits per heavy atom. The SMILES string of the molecule is C(=N\N(CCCCn1c2ccccc2c2ccccc21)c1ccc2c3nccnc3c3ccc(N(CCCCn4c5ccccc5c5ccccc54)/N=C/c4ccccn4)nc3c2n1)/c1ccccn1. The van der Waals surface area contributed by atoms with Gasteiger partial charge in [-0.05, 0) is 98.5 Å². The molecule has 0 aliphatic rings. The number of hydrogen-bond donors (Lipinski definition) is 0. The molecule has 0 aliphatic heterocycles. The highest BCUT2D eigenvalue weighted by Crippen LogP contribution is 2.35. The fraction of sp³-hybridized carbons (Fsp3) is 0.138. The topological polar surface area (TPSA) is 118 Å². The van der Waals surface area contributed by atoms with Gasteiger partial charge < -0.3 is 9.13 Å². The van der Waals surface area contributed by atoms with E-state index in [0.717, 1.165) is 72.0 Å². The molecule has 12 heteroatoms. The van der Waals surface area contributed by atoms with Crippen LogP contribution in [0.4, 0.5) is 11.6 Å². The zero-order valence-corrected chi connectivity index (χ0v) is 38.5. The molecule has 0 radical (unpaired) electrons. The van der Waals surface area contributed by atoms with Crippen molar-refractivity contribution in [2.24, 2.45) is 10.2 Å². The molecular weight excluding hydrogens is 865 g/mol. The van der Waals surface area contributed by atoms with Crippen LogP contribution in [0.5, 0.6) is 0 Å². The molecule has 0 spiro atoms. The van der Waals surface area contributed by atoms with Crippen LogP contribution in [0.1, 0.15) is 37.1 Å². The summed E-state index contributed by atoms with van der Waals surface area (Å²) in [5.41, 5.74) is 9.48. The third-order valence-corrected chi connectivity index (χ3v) is 13.1. The quantitative estimate of drug-likeness (QED) is 0.0407. The van der Waals surface area contributed by atoms with Gasteiger partial charge in [0.15, 0.2) is 0 Å². The Balaban J connectivity index is 0.885. The predicted molar refractivity (Wildman–Crippen MR) is 286 cm³/mol. The van der Waals surface area contributed by atoms with Crippen LogP contribution in [0.2, 0.25) is 0 Å². The minimum Gasteiger partial charge on any atom is -0.340 e. The smallest absolute Gasteiger partial charge is 0.149 e. The van der Waals surface area contributed by atoms with Crippen LogP contribution in [-0.2, 0) is 13.1 Å². The van der Waals surface area contributed by atoms with Crippen molar-refractivity contribution in [3.8, 4) is 0 Å². The van der Waals surface area contributed by atoms with E-state index >= 15 is 0 Å². The molecule has 12 nitrogen and oxygen atoms in total. The first-order valence-corrected chi connectivity index (χ1v) is 24.0. The minimum atomic E-state index is 0.633. The number of nitrogens with zero attached hydrogens (tertiary/aromatic N) is 12. The number of fused-ring (bicyclic) bond motifs is 12. The third-order valence-electron chi connectivity index (χ3n) is 13.1. The molecule has 7 heterocycles. The summed E-state index contributed by atoms with van der Waals surface area (Å²) in [4.78, 5) is 29.6. The lowest BCUT2D eigenvalue weighted by atomic mass is 10.1. The Hall–Kier alpha value is -8.90. The van der Waals surface area contributed by atoms with Gasteiger partial charge in [-0.2, -0.15) is 10.2 Å². The van der Waals surface area contributed by atoms with Gasteiger partial charge in [0.1, 0.15) is 22.7 Å². The molecule has 0 amide bonds. The van der Waals surface area contributed by atoms with Crippen LogP contribution in [0.3, 0.4) is 0 Å². The number of pyridine rings is 4. The van der Waals surface area contributed by atoms with Crippen molar-refractivity contribution in [3.63, 3.8) is 0 Å². The summed E-state index contributed by atoms with van der Waals surface area (Å²) < 4.78 is 4.88. The van der Waals surface area contributed by atoms with Crippen LogP contribution in [0, 0.1) is 0 Å². The average molecular weight is 913 g/mol. The molecule has 12 rings (SSSR count). The third kappa shape index (κ3) is 8.19. The van der Waals surface area contributed by atoms with Crippen LogP contribution in [0.25, 0.3) is 76.5 Å². The molecular formula is C58H48N12. The highest BCUT2D eigenvalue weighted by molar-refractivity contribution is 6.21. The maximum absolute atomic E-state index is 5.41. The summed E-state index contributed by atoms with van der Waals surface area (Å²) in [7, 11) is 0. The fourth-order valence-electron chi connectivity index (χ4n) is 9.84. The standard InChI is InChI=1S/C58H48N12/c1-5-23-49-43(19-1)44-20-2-6-24-50(44)67(49)35-13-15-37-69(63-39-41-17-9-11-31-59-41)53-29-27-47-55-56(62-34-33-61-55)48-28-30-54(66-58(48)57(47)65-53)70(64-40-42-18-10-12-32-60-42)38-16-14-36-68-51-25-7-3-21-45(51)46-22-4-8-26-52(46)68/h1-12,17-34,39-40H,13-16,35-38H2/b63-39+,64-40+. The maximum atomic E-state index is 5.41. The van der Waals surface area contributed by atoms with Crippen molar-refractivity contribution in [3.05, 3.63) is 194 Å². The van der Waals surface area contributed by atoms with Gasteiger partial charge >= 0.3 is 0 Å². The van der Waals surface area contributed by atoms with E-state index in [-0.39, 0.29) is 0 Å². The summed E-state index contributed by atoms with van der Waals surface area (Å²) in [6, 6.07) is 54.5. The molecule has 0 fully saturated rings. The number of aryl methyl sites for hydroxylation is 2. The molecule has 0 saturated carbocycles. The second kappa shape index (κ2) is 19.0. The van der Waals surface area contributed by atoms with Gasteiger partial charge in [-0.3, -0.25) is 19.9 Å². The van der Waals surface area contributed by atoms with E-state index in [1.54, 1.807) is 37.2 Å². The molecule has 7 aromatic heterocycles. The number of anilines is 2. The van der Waals surface area contributed by atoms with Crippen molar-refractivity contribution in [1.29, 1.82) is 0 Å². The number of hydrogen-bond acceptors (Lipinski definition) is 10. The zero-order chi connectivity index (χ0) is 46.6. The summed E-state index contributed by atoms with van der Waals surface area (Å²) in [6.45, 7) is 3.01. The first kappa shape index (κ1) is 42.5. The average Bonchev–Trinajstić information content (AvgIpc) is 3.92. The Morgan fingerprint density at radius 2 is 0.743 bits per heavy atom. The summed E-state index contributed by atoms with van der Waals surface area (Å²) >= 11 is 0. The van der Waals surface area contributed by atoms with Gasteiger partial charge in [0.2, 0.25) is 0 Å². The molecule has 0 bridgehead atoms. The Labute approximate surface area is 403 Å². The predicted octanol–water partition coefficient (Wildman–Crippen LogP) is 12.4. The molecule has 70 heavy (non-hydrogen) atoms. The first-order valence-electron chi connectivity index (χ1n) is 24.0. The van der Waals surface area contributed by atoms with Gasteiger partial charge in [0, 0.05) is 105 Å². The number of para-hydroxylation sites is 4. The van der Waals surface area contributed by atoms with E-state index in [1.165, 1.54) is 43.6 Å². The Bertz CT molecular complexity index is 3520. The molecule has 5 aromatic carbocycles. The van der Waals surface area contributed by atoms with E-state index < -0.39 is 0 Å². The second-order valence-electron chi connectivity index (χ2n) is 17.4. The normalized spacial score (nSPS) is 12.1. The zero-order valence-electron chi connectivity index (χ0n) is 38.5. The molecule has 0 atom stereocenters. The number of rotatable bonds is 16. The number of hydrazone groups is 2. The minimum absolute atomic E-state index is 0.633. The number of aromatic nitrogens is 8.